The number of rotatable bonds is 4. The molecule has 0 amide bonds. The first-order chi connectivity index (χ1) is 7.45. The van der Waals surface area contributed by atoms with Crippen LogP contribution in [0.5, 0.6) is 0 Å². The Balaban J connectivity index is 2.34. The third kappa shape index (κ3) is 3.92. The van der Waals surface area contributed by atoms with Crippen molar-refractivity contribution < 1.29 is 4.79 Å². The molecule has 0 aliphatic heterocycles. The van der Waals surface area contributed by atoms with E-state index in [-0.39, 0.29) is 0 Å². The minimum atomic E-state index is 0.394. The van der Waals surface area contributed by atoms with Crippen LogP contribution in [-0.2, 0) is 4.79 Å². The maximum absolute atomic E-state index is 11.9. The molecule has 0 N–H and O–H groups in total. The minimum Gasteiger partial charge on any atom is -0.299 e. The molecule has 0 heterocycles. The maximum Gasteiger partial charge on any atom is 0.135 e. The molecule has 0 unspecified atom stereocenters. The van der Waals surface area contributed by atoms with Crippen LogP contribution in [0.25, 0.3) is 0 Å². The number of carbonyl (C=O) groups excluding carboxylic acids is 1. The van der Waals surface area contributed by atoms with E-state index in [2.05, 4.69) is 27.7 Å². The van der Waals surface area contributed by atoms with Crippen molar-refractivity contribution in [3.63, 3.8) is 0 Å². The molecule has 0 aromatic heterocycles. The molecule has 1 nitrogen and oxygen atoms in total. The highest BCUT2D eigenvalue weighted by Gasteiger charge is 2.31. The summed E-state index contributed by atoms with van der Waals surface area (Å²) < 4.78 is 0. The molecule has 16 heavy (non-hydrogen) atoms. The van der Waals surface area contributed by atoms with Gasteiger partial charge in [-0.2, -0.15) is 0 Å². The van der Waals surface area contributed by atoms with Crippen molar-refractivity contribution in [2.75, 3.05) is 0 Å². The zero-order chi connectivity index (χ0) is 12.2. The molecule has 1 saturated carbocycles. The second-order valence-corrected chi connectivity index (χ2v) is 6.48. The van der Waals surface area contributed by atoms with E-state index >= 15 is 0 Å². The van der Waals surface area contributed by atoms with Crippen molar-refractivity contribution in [2.45, 2.75) is 72.6 Å². The van der Waals surface area contributed by atoms with Crippen LogP contribution >= 0.6 is 0 Å². The molecule has 1 rings (SSSR count). The fourth-order valence-corrected chi connectivity index (χ4v) is 2.84. The van der Waals surface area contributed by atoms with Crippen molar-refractivity contribution >= 4 is 5.78 Å². The average molecular weight is 224 g/mol. The molecule has 0 aromatic rings. The van der Waals surface area contributed by atoms with Gasteiger partial charge in [0.15, 0.2) is 0 Å². The van der Waals surface area contributed by atoms with Gasteiger partial charge in [0.25, 0.3) is 0 Å². The number of hydrogen-bond acceptors (Lipinski definition) is 1. The van der Waals surface area contributed by atoms with E-state index in [9.17, 15) is 4.79 Å². The van der Waals surface area contributed by atoms with Gasteiger partial charge < -0.3 is 0 Å². The topological polar surface area (TPSA) is 17.1 Å². The van der Waals surface area contributed by atoms with Crippen molar-refractivity contribution in [3.8, 4) is 0 Å². The van der Waals surface area contributed by atoms with Gasteiger partial charge in [-0.15, -0.1) is 0 Å². The first-order valence-electron chi connectivity index (χ1n) is 6.98. The van der Waals surface area contributed by atoms with E-state index in [1.807, 2.05) is 0 Å². The highest BCUT2D eigenvalue weighted by Crippen LogP contribution is 2.40. The molecule has 0 radical (unpaired) electrons. The molecule has 0 atom stereocenters. The van der Waals surface area contributed by atoms with Crippen LogP contribution in [0.3, 0.4) is 0 Å². The van der Waals surface area contributed by atoms with Crippen molar-refractivity contribution in [2.24, 2.45) is 17.3 Å². The Morgan fingerprint density at radius 3 is 2.12 bits per heavy atom. The standard InChI is InChI=1S/C15H28O/c1-5-6-7-14(16)12-8-10-13(11-9-12)15(2,3)4/h12-13H,5-11H2,1-4H3. The Morgan fingerprint density at radius 1 is 1.12 bits per heavy atom. The number of ketones is 1. The number of Topliss-reactive ketones (excluding diaryl/α,β-unsaturated/α-hetero) is 1. The molecular weight excluding hydrogens is 196 g/mol. The molecule has 0 saturated heterocycles. The smallest absolute Gasteiger partial charge is 0.135 e. The van der Waals surface area contributed by atoms with E-state index in [0.717, 1.165) is 38.0 Å². The summed E-state index contributed by atoms with van der Waals surface area (Å²) in [5.41, 5.74) is 0.428. The Hall–Kier alpha value is -0.330. The predicted molar refractivity (Wildman–Crippen MR) is 69.4 cm³/mol. The summed E-state index contributed by atoms with van der Waals surface area (Å²) in [6.07, 6.45) is 7.84. The van der Waals surface area contributed by atoms with Crippen LogP contribution in [0, 0.1) is 17.3 Å². The number of hydrogen-bond donors (Lipinski definition) is 0. The van der Waals surface area contributed by atoms with Crippen LogP contribution < -0.4 is 0 Å². The number of carbonyl (C=O) groups is 1. The van der Waals surface area contributed by atoms with Crippen LogP contribution in [-0.4, -0.2) is 5.78 Å². The van der Waals surface area contributed by atoms with E-state index in [0.29, 0.717) is 17.1 Å². The molecule has 1 aliphatic carbocycles. The van der Waals surface area contributed by atoms with Crippen LogP contribution in [0.4, 0.5) is 0 Å². The van der Waals surface area contributed by atoms with Gasteiger partial charge in [0.1, 0.15) is 5.78 Å². The third-order valence-electron chi connectivity index (χ3n) is 4.18. The second-order valence-electron chi connectivity index (χ2n) is 6.48. The van der Waals surface area contributed by atoms with E-state index < -0.39 is 0 Å². The van der Waals surface area contributed by atoms with Crippen molar-refractivity contribution in [3.05, 3.63) is 0 Å². The van der Waals surface area contributed by atoms with Gasteiger partial charge >= 0.3 is 0 Å². The summed E-state index contributed by atoms with van der Waals surface area (Å²) in [6.45, 7) is 9.15. The Bertz CT molecular complexity index is 216. The summed E-state index contributed by atoms with van der Waals surface area (Å²) in [5.74, 6) is 1.75. The lowest BCUT2D eigenvalue weighted by molar-refractivity contribution is -0.124. The molecule has 1 fully saturated rings. The summed E-state index contributed by atoms with van der Waals surface area (Å²) in [5, 5.41) is 0. The molecule has 0 spiro atoms. The Kier molecular flexibility index (Phi) is 5.01. The third-order valence-corrected chi connectivity index (χ3v) is 4.18. The lowest BCUT2D eigenvalue weighted by atomic mass is 9.69. The zero-order valence-electron chi connectivity index (χ0n) is 11.5. The van der Waals surface area contributed by atoms with Crippen molar-refractivity contribution in [1.29, 1.82) is 0 Å². The summed E-state index contributed by atoms with van der Waals surface area (Å²) in [6, 6.07) is 0. The van der Waals surface area contributed by atoms with Crippen LogP contribution in [0.2, 0.25) is 0 Å². The monoisotopic (exact) mass is 224 g/mol. The minimum absolute atomic E-state index is 0.394. The molecule has 0 bridgehead atoms. The van der Waals surface area contributed by atoms with Crippen LogP contribution in [0.1, 0.15) is 72.6 Å². The van der Waals surface area contributed by atoms with Gasteiger partial charge in [-0.05, 0) is 43.4 Å². The highest BCUT2D eigenvalue weighted by atomic mass is 16.1. The number of unbranched alkanes of at least 4 members (excludes halogenated alkanes) is 1. The summed E-state index contributed by atoms with van der Waals surface area (Å²) in [7, 11) is 0. The average Bonchev–Trinajstić information content (AvgIpc) is 2.25. The van der Waals surface area contributed by atoms with Gasteiger partial charge in [0, 0.05) is 12.3 Å². The SMILES string of the molecule is CCCCC(=O)C1CCC(C(C)(C)C)CC1. The van der Waals surface area contributed by atoms with Crippen molar-refractivity contribution in [1.82, 2.24) is 0 Å². The first-order valence-corrected chi connectivity index (χ1v) is 6.98. The van der Waals surface area contributed by atoms with Gasteiger partial charge in [-0.3, -0.25) is 4.79 Å². The Labute approximate surface area is 101 Å². The zero-order valence-corrected chi connectivity index (χ0v) is 11.5. The largest absolute Gasteiger partial charge is 0.299 e. The van der Waals surface area contributed by atoms with Gasteiger partial charge in [0.2, 0.25) is 0 Å². The van der Waals surface area contributed by atoms with Crippen LogP contribution in [0.15, 0.2) is 0 Å². The second kappa shape index (κ2) is 5.84. The fourth-order valence-electron chi connectivity index (χ4n) is 2.84. The van der Waals surface area contributed by atoms with E-state index in [1.165, 1.54) is 12.8 Å². The van der Waals surface area contributed by atoms with Gasteiger partial charge in [-0.25, -0.2) is 0 Å². The molecule has 0 aromatic carbocycles. The predicted octanol–water partition coefficient (Wildman–Crippen LogP) is 4.60. The molecular formula is C15H28O. The highest BCUT2D eigenvalue weighted by molar-refractivity contribution is 5.81. The van der Waals surface area contributed by atoms with E-state index in [4.69, 9.17) is 0 Å². The quantitative estimate of drug-likeness (QED) is 0.682. The summed E-state index contributed by atoms with van der Waals surface area (Å²) >= 11 is 0. The normalized spacial score (nSPS) is 26.8. The molecule has 94 valence electrons. The molecule has 1 aliphatic rings. The summed E-state index contributed by atoms with van der Waals surface area (Å²) in [4.78, 5) is 11.9. The van der Waals surface area contributed by atoms with Gasteiger partial charge in [0.05, 0.1) is 0 Å². The molecule has 1 heteroatoms. The Morgan fingerprint density at radius 2 is 1.69 bits per heavy atom. The maximum atomic E-state index is 11.9. The lowest BCUT2D eigenvalue weighted by Crippen LogP contribution is -2.28. The lowest BCUT2D eigenvalue weighted by Gasteiger charge is -2.36. The van der Waals surface area contributed by atoms with E-state index in [1.54, 1.807) is 0 Å². The fraction of sp³-hybridized carbons (Fsp3) is 0.933. The van der Waals surface area contributed by atoms with Gasteiger partial charge in [-0.1, -0.05) is 34.1 Å². The first kappa shape index (κ1) is 13.7.